The molecule has 3 nitrogen and oxygen atoms in total. The third kappa shape index (κ3) is 5.88. The van der Waals surface area contributed by atoms with Gasteiger partial charge in [-0.2, -0.15) is 0 Å². The Bertz CT molecular complexity index is 452. The van der Waals surface area contributed by atoms with Gasteiger partial charge in [0.25, 0.3) is 0 Å². The summed E-state index contributed by atoms with van der Waals surface area (Å²) in [5.74, 6) is 1.78. The van der Waals surface area contributed by atoms with Crippen LogP contribution in [-0.2, 0) is 6.54 Å². The molecule has 0 saturated carbocycles. The number of unbranched alkanes of at least 4 members (excludes halogenated alkanes) is 1. The van der Waals surface area contributed by atoms with Crippen LogP contribution in [0.5, 0.6) is 0 Å². The SMILES string of the molecule is C=CCCCN(C)c1nc(C)cc(C)c1CNCC(C)C. The van der Waals surface area contributed by atoms with Crippen LogP contribution in [0.4, 0.5) is 5.82 Å². The van der Waals surface area contributed by atoms with E-state index in [1.807, 2.05) is 6.08 Å². The molecule has 1 aromatic heterocycles. The van der Waals surface area contributed by atoms with Gasteiger partial charge in [0.15, 0.2) is 0 Å². The second-order valence-corrected chi connectivity index (χ2v) is 6.26. The van der Waals surface area contributed by atoms with E-state index in [4.69, 9.17) is 4.98 Å². The minimum Gasteiger partial charge on any atom is -0.359 e. The van der Waals surface area contributed by atoms with E-state index >= 15 is 0 Å². The summed E-state index contributed by atoms with van der Waals surface area (Å²) in [6.45, 7) is 15.4. The predicted molar refractivity (Wildman–Crippen MR) is 93.0 cm³/mol. The van der Waals surface area contributed by atoms with Crippen molar-refractivity contribution < 1.29 is 0 Å². The van der Waals surface area contributed by atoms with E-state index in [-0.39, 0.29) is 0 Å². The zero-order chi connectivity index (χ0) is 15.8. The van der Waals surface area contributed by atoms with Gasteiger partial charge in [0.05, 0.1) is 0 Å². The smallest absolute Gasteiger partial charge is 0.133 e. The first-order chi connectivity index (χ1) is 9.95. The van der Waals surface area contributed by atoms with E-state index in [0.717, 1.165) is 44.0 Å². The molecule has 0 bridgehead atoms. The molecule has 21 heavy (non-hydrogen) atoms. The van der Waals surface area contributed by atoms with Gasteiger partial charge in [0.1, 0.15) is 5.82 Å². The molecular formula is C18H31N3. The fourth-order valence-electron chi connectivity index (χ4n) is 2.44. The monoisotopic (exact) mass is 289 g/mol. The highest BCUT2D eigenvalue weighted by atomic mass is 15.2. The van der Waals surface area contributed by atoms with Crippen LogP contribution in [-0.4, -0.2) is 25.1 Å². The minimum atomic E-state index is 0.664. The zero-order valence-electron chi connectivity index (χ0n) is 14.4. The van der Waals surface area contributed by atoms with Crippen LogP contribution in [0.25, 0.3) is 0 Å². The number of rotatable bonds is 9. The van der Waals surface area contributed by atoms with E-state index in [9.17, 15) is 0 Å². The standard InChI is InChI=1S/C18H31N3/c1-7-8-9-10-21(6)18-17(13-19-12-14(2)3)15(4)11-16(5)20-18/h7,11,14,19H,1,8-10,12-13H2,2-6H3. The molecule has 0 spiro atoms. The molecule has 0 aromatic carbocycles. The van der Waals surface area contributed by atoms with Gasteiger partial charge >= 0.3 is 0 Å². The number of nitrogens with zero attached hydrogens (tertiary/aromatic N) is 2. The van der Waals surface area contributed by atoms with Crippen molar-refractivity contribution in [2.45, 2.75) is 47.1 Å². The summed E-state index contributed by atoms with van der Waals surface area (Å²) >= 11 is 0. The maximum atomic E-state index is 4.77. The second kappa shape index (κ2) is 8.83. The average molecular weight is 289 g/mol. The van der Waals surface area contributed by atoms with Gasteiger partial charge in [0, 0.05) is 31.4 Å². The second-order valence-electron chi connectivity index (χ2n) is 6.26. The van der Waals surface area contributed by atoms with Crippen LogP contribution in [0, 0.1) is 19.8 Å². The fraction of sp³-hybridized carbons (Fsp3) is 0.611. The van der Waals surface area contributed by atoms with E-state index in [2.05, 4.69) is 57.6 Å². The Balaban J connectivity index is 2.85. The van der Waals surface area contributed by atoms with Gasteiger partial charge in [-0.1, -0.05) is 19.9 Å². The first kappa shape index (κ1) is 17.7. The van der Waals surface area contributed by atoms with Crippen molar-refractivity contribution in [3.05, 3.63) is 35.5 Å². The number of anilines is 1. The van der Waals surface area contributed by atoms with Gasteiger partial charge in [-0.25, -0.2) is 4.98 Å². The Morgan fingerprint density at radius 2 is 2.10 bits per heavy atom. The maximum Gasteiger partial charge on any atom is 0.133 e. The average Bonchev–Trinajstić information content (AvgIpc) is 2.40. The zero-order valence-corrected chi connectivity index (χ0v) is 14.4. The number of hydrogen-bond acceptors (Lipinski definition) is 3. The summed E-state index contributed by atoms with van der Waals surface area (Å²) in [6.07, 6.45) is 4.15. The van der Waals surface area contributed by atoms with Crippen molar-refractivity contribution in [2.75, 3.05) is 25.0 Å². The molecule has 0 atom stereocenters. The molecule has 0 unspecified atom stereocenters. The predicted octanol–water partition coefficient (Wildman–Crippen LogP) is 3.85. The van der Waals surface area contributed by atoms with Crippen molar-refractivity contribution in [3.8, 4) is 0 Å². The molecule has 0 radical (unpaired) electrons. The van der Waals surface area contributed by atoms with Crippen molar-refractivity contribution in [3.63, 3.8) is 0 Å². The number of aryl methyl sites for hydroxylation is 2. The molecule has 1 N–H and O–H groups in total. The molecule has 0 aliphatic rings. The van der Waals surface area contributed by atoms with Crippen LogP contribution in [0.2, 0.25) is 0 Å². The molecule has 3 heteroatoms. The number of nitrogens with one attached hydrogen (secondary N) is 1. The molecule has 0 saturated heterocycles. The fourth-order valence-corrected chi connectivity index (χ4v) is 2.44. The largest absolute Gasteiger partial charge is 0.359 e. The highest BCUT2D eigenvalue weighted by Crippen LogP contribution is 2.22. The van der Waals surface area contributed by atoms with Crippen LogP contribution in [0.15, 0.2) is 18.7 Å². The van der Waals surface area contributed by atoms with Gasteiger partial charge in [-0.05, 0) is 50.8 Å². The summed E-state index contributed by atoms with van der Waals surface area (Å²) in [7, 11) is 2.14. The van der Waals surface area contributed by atoms with Crippen LogP contribution < -0.4 is 10.2 Å². The topological polar surface area (TPSA) is 28.2 Å². The maximum absolute atomic E-state index is 4.77. The third-order valence-corrected chi connectivity index (χ3v) is 3.57. The van der Waals surface area contributed by atoms with Gasteiger partial charge in [-0.3, -0.25) is 0 Å². The van der Waals surface area contributed by atoms with Crippen LogP contribution in [0.1, 0.15) is 43.5 Å². The Morgan fingerprint density at radius 3 is 2.71 bits per heavy atom. The van der Waals surface area contributed by atoms with Gasteiger partial charge < -0.3 is 10.2 Å². The molecule has 0 aliphatic heterocycles. The van der Waals surface area contributed by atoms with Crippen molar-refractivity contribution in [2.24, 2.45) is 5.92 Å². The van der Waals surface area contributed by atoms with E-state index in [1.165, 1.54) is 11.1 Å². The summed E-state index contributed by atoms with van der Waals surface area (Å²) in [6, 6.07) is 2.17. The van der Waals surface area contributed by atoms with Crippen molar-refractivity contribution in [1.29, 1.82) is 0 Å². The summed E-state index contributed by atoms with van der Waals surface area (Å²) in [5, 5.41) is 3.54. The lowest BCUT2D eigenvalue weighted by atomic mass is 10.1. The molecule has 118 valence electrons. The van der Waals surface area contributed by atoms with Crippen molar-refractivity contribution >= 4 is 5.82 Å². The lowest BCUT2D eigenvalue weighted by Crippen LogP contribution is -2.25. The van der Waals surface area contributed by atoms with Crippen molar-refractivity contribution in [1.82, 2.24) is 10.3 Å². The quantitative estimate of drug-likeness (QED) is 0.553. The van der Waals surface area contributed by atoms with E-state index < -0.39 is 0 Å². The Hall–Kier alpha value is -1.35. The highest BCUT2D eigenvalue weighted by Gasteiger charge is 2.12. The Morgan fingerprint density at radius 1 is 1.38 bits per heavy atom. The number of aromatic nitrogens is 1. The lowest BCUT2D eigenvalue weighted by molar-refractivity contribution is 0.550. The van der Waals surface area contributed by atoms with Gasteiger partial charge in [0.2, 0.25) is 0 Å². The molecule has 0 aliphatic carbocycles. The molecule has 1 rings (SSSR count). The van der Waals surface area contributed by atoms with Gasteiger partial charge in [-0.15, -0.1) is 6.58 Å². The number of allylic oxidation sites excluding steroid dienone is 1. The minimum absolute atomic E-state index is 0.664. The van der Waals surface area contributed by atoms with E-state index in [0.29, 0.717) is 5.92 Å². The number of hydrogen-bond donors (Lipinski definition) is 1. The summed E-state index contributed by atoms with van der Waals surface area (Å²) in [5.41, 5.74) is 3.73. The highest BCUT2D eigenvalue weighted by molar-refractivity contribution is 5.51. The molecule has 0 fully saturated rings. The normalized spacial score (nSPS) is 11.0. The van der Waals surface area contributed by atoms with Crippen LogP contribution >= 0.6 is 0 Å². The molecule has 1 heterocycles. The molecular weight excluding hydrogens is 258 g/mol. The summed E-state index contributed by atoms with van der Waals surface area (Å²) in [4.78, 5) is 7.04. The number of pyridine rings is 1. The van der Waals surface area contributed by atoms with Crippen LogP contribution in [0.3, 0.4) is 0 Å². The lowest BCUT2D eigenvalue weighted by Gasteiger charge is -2.23. The first-order valence-electron chi connectivity index (χ1n) is 7.95. The summed E-state index contributed by atoms with van der Waals surface area (Å²) < 4.78 is 0. The molecule has 1 aromatic rings. The first-order valence-corrected chi connectivity index (χ1v) is 7.95. The Kier molecular flexibility index (Phi) is 7.44. The third-order valence-electron chi connectivity index (χ3n) is 3.57. The molecule has 0 amide bonds. The Labute approximate surface area is 130 Å². The van der Waals surface area contributed by atoms with E-state index in [1.54, 1.807) is 0 Å².